The largest absolute Gasteiger partial charge is 0.507 e. The van der Waals surface area contributed by atoms with E-state index in [1.807, 2.05) is 93.2 Å². The van der Waals surface area contributed by atoms with Crippen molar-refractivity contribution in [3.8, 4) is 28.6 Å². The lowest BCUT2D eigenvalue weighted by atomic mass is 9.82. The number of phenols is 1. The fourth-order valence-corrected chi connectivity index (χ4v) is 12.0. The summed E-state index contributed by atoms with van der Waals surface area (Å²) in [5.74, 6) is 2.43. The van der Waals surface area contributed by atoms with E-state index in [4.69, 9.17) is 15.0 Å². The number of anilines is 4. The van der Waals surface area contributed by atoms with Crippen molar-refractivity contribution in [3.63, 3.8) is 0 Å². The molecule has 0 spiro atoms. The van der Waals surface area contributed by atoms with E-state index >= 15 is 0 Å². The lowest BCUT2D eigenvalue weighted by Crippen LogP contribution is -2.54. The monoisotopic (exact) mass is 1010 g/mol. The molecule has 19 nitrogen and oxygen atoms in total. The van der Waals surface area contributed by atoms with Crippen LogP contribution < -0.4 is 30.5 Å². The first-order chi connectivity index (χ1) is 35.8. The number of aryl methyl sites for hydroxylation is 1. The number of hydrogen-bond donors (Lipinski definition) is 4. The highest BCUT2D eigenvalue weighted by Gasteiger charge is 2.45. The Morgan fingerprint density at radius 1 is 0.865 bits per heavy atom. The van der Waals surface area contributed by atoms with Crippen LogP contribution in [0.2, 0.25) is 0 Å². The molecule has 0 radical (unpaired) electrons. The van der Waals surface area contributed by atoms with E-state index in [0.29, 0.717) is 52.5 Å². The number of carbonyl (C=O) groups excluding carboxylic acids is 2. The average molecular weight is 1010 g/mol. The summed E-state index contributed by atoms with van der Waals surface area (Å²) in [6.45, 7) is 13.8. The number of aliphatic hydroxyl groups excluding tert-OH is 1. The average Bonchev–Trinajstić information content (AvgIpc) is 4.20. The maximum absolute atomic E-state index is 14.4. The smallest absolute Gasteiger partial charge is 0.243 e. The molecular weight excluding hydrogens is 939 g/mol. The van der Waals surface area contributed by atoms with Crippen LogP contribution >= 0.6 is 0 Å². The number of nitrogens with two attached hydrogens (primary N) is 1. The fourth-order valence-electron chi connectivity index (χ4n) is 12.0. The van der Waals surface area contributed by atoms with Crippen molar-refractivity contribution in [1.29, 1.82) is 0 Å². The number of aromatic nitrogens is 6. The van der Waals surface area contributed by atoms with E-state index in [9.17, 15) is 19.8 Å². The molecule has 74 heavy (non-hydrogen) atoms. The van der Waals surface area contributed by atoms with Crippen LogP contribution in [0.25, 0.3) is 16.9 Å². The number of nitrogens with zero attached hydrogens (tertiary/aromatic N) is 11. The molecule has 4 aromatic heterocycles. The zero-order valence-electron chi connectivity index (χ0n) is 42.6. The van der Waals surface area contributed by atoms with Gasteiger partial charge >= 0.3 is 0 Å². The molecule has 2 aromatic carbocycles. The fraction of sp³-hybridized carbons (Fsp3) is 0.473. The Morgan fingerprint density at radius 3 is 2.34 bits per heavy atom. The van der Waals surface area contributed by atoms with Gasteiger partial charge in [0.25, 0.3) is 0 Å². The summed E-state index contributed by atoms with van der Waals surface area (Å²) in [4.78, 5) is 48.2. The molecule has 5 aliphatic rings. The Labute approximate surface area is 431 Å². The molecule has 388 valence electrons. The second-order valence-electron chi connectivity index (χ2n) is 21.3. The summed E-state index contributed by atoms with van der Waals surface area (Å²) in [5.41, 5.74) is 11.5. The van der Waals surface area contributed by atoms with E-state index in [2.05, 4.69) is 62.4 Å². The SMILES string of the molecule is Cc1nccn1-c1ccc([C@H](C)NC(=O)[C@@H]2C[C@@H](O)CN2C(=O)[C@H](c2cc(N3CCN(CC4CC(Oc5cc(N6C7CC[C@@H]6CN(c6cc(-c8ccccc8O)nnc6N)C7)ccn5)C4)CC3)no2)C(C)C)cc1. The Kier molecular flexibility index (Phi) is 13.6. The van der Waals surface area contributed by atoms with E-state index in [-0.39, 0.29) is 48.6 Å². The van der Waals surface area contributed by atoms with Crippen LogP contribution in [0.15, 0.2) is 95.9 Å². The molecule has 8 heterocycles. The van der Waals surface area contributed by atoms with Crippen molar-refractivity contribution in [2.24, 2.45) is 11.8 Å². The molecule has 1 saturated carbocycles. The summed E-state index contributed by atoms with van der Waals surface area (Å²) >= 11 is 0. The van der Waals surface area contributed by atoms with Crippen LogP contribution in [0.3, 0.4) is 0 Å². The molecule has 1 unspecified atom stereocenters. The number of carbonyl (C=O) groups is 2. The minimum absolute atomic E-state index is 0.0724. The number of ether oxygens (including phenoxy) is 1. The van der Waals surface area contributed by atoms with Crippen LogP contribution in [0.5, 0.6) is 11.6 Å². The Hall–Kier alpha value is -7.25. The Balaban J connectivity index is 0.642. The molecular formula is C55H67N13O6. The lowest BCUT2D eigenvalue weighted by Gasteiger charge is -2.43. The van der Waals surface area contributed by atoms with Crippen molar-refractivity contribution < 1.29 is 29.1 Å². The number of benzene rings is 2. The zero-order chi connectivity index (χ0) is 51.2. The first-order valence-corrected chi connectivity index (χ1v) is 26.2. The third-order valence-electron chi connectivity index (χ3n) is 16.0. The molecule has 2 amide bonds. The number of pyridine rings is 1. The number of imidazole rings is 1. The molecule has 4 aliphatic heterocycles. The summed E-state index contributed by atoms with van der Waals surface area (Å²) in [5, 5.41) is 37.4. The molecule has 4 saturated heterocycles. The molecule has 5 N–H and O–H groups in total. The number of β-amino-alcohol motifs (C(OH)–C–C–N with tert-alkyl or cyclic N) is 1. The number of likely N-dealkylation sites (tertiary alicyclic amines) is 1. The first-order valence-electron chi connectivity index (χ1n) is 26.2. The Morgan fingerprint density at radius 2 is 1.62 bits per heavy atom. The molecule has 6 aromatic rings. The predicted octanol–water partition coefficient (Wildman–Crippen LogP) is 5.72. The third-order valence-corrected chi connectivity index (χ3v) is 16.0. The van der Waals surface area contributed by atoms with Crippen molar-refractivity contribution in [2.75, 3.05) is 72.8 Å². The van der Waals surface area contributed by atoms with Gasteiger partial charge in [-0.2, -0.15) is 0 Å². The highest BCUT2D eigenvalue weighted by Crippen LogP contribution is 2.41. The van der Waals surface area contributed by atoms with Crippen LogP contribution in [0.1, 0.15) is 82.0 Å². The number of para-hydroxylation sites is 1. The maximum Gasteiger partial charge on any atom is 0.243 e. The van der Waals surface area contributed by atoms with Gasteiger partial charge in [0.05, 0.1) is 23.5 Å². The van der Waals surface area contributed by atoms with E-state index < -0.39 is 18.1 Å². The number of aliphatic hydroxyl groups is 1. The predicted molar refractivity (Wildman–Crippen MR) is 280 cm³/mol. The molecule has 1 aliphatic carbocycles. The molecule has 11 rings (SSSR count). The number of nitrogen functional groups attached to an aromatic ring is 1. The van der Waals surface area contributed by atoms with Crippen molar-refractivity contribution in [1.82, 2.24) is 45.0 Å². The van der Waals surface area contributed by atoms with Gasteiger partial charge in [-0.05, 0) is 93.3 Å². The van der Waals surface area contributed by atoms with Gasteiger partial charge in [0, 0.05) is 119 Å². The maximum atomic E-state index is 14.4. The molecule has 6 atom stereocenters. The molecule has 5 fully saturated rings. The van der Waals surface area contributed by atoms with E-state index in [1.54, 1.807) is 18.3 Å². The van der Waals surface area contributed by atoms with Crippen molar-refractivity contribution in [3.05, 3.63) is 109 Å². The lowest BCUT2D eigenvalue weighted by molar-refractivity contribution is -0.141. The number of piperazine rings is 2. The molecule has 19 heteroatoms. The van der Waals surface area contributed by atoms with Crippen LogP contribution in [0, 0.1) is 18.8 Å². The second-order valence-corrected chi connectivity index (χ2v) is 21.3. The van der Waals surface area contributed by atoms with E-state index in [0.717, 1.165) is 99.9 Å². The van der Waals surface area contributed by atoms with Gasteiger partial charge in [0.2, 0.25) is 17.7 Å². The summed E-state index contributed by atoms with van der Waals surface area (Å²) in [7, 11) is 0. The molecule has 2 bridgehead atoms. The topological polar surface area (TPSA) is 221 Å². The van der Waals surface area contributed by atoms with Gasteiger partial charge in [0.1, 0.15) is 29.6 Å². The highest BCUT2D eigenvalue weighted by molar-refractivity contribution is 5.91. The van der Waals surface area contributed by atoms with Gasteiger partial charge in [0.15, 0.2) is 17.4 Å². The number of fused-ring (bicyclic) bond motifs is 2. The normalized spacial score (nSPS) is 23.8. The number of phenolic OH excluding ortho intramolecular Hbond substituents is 1. The number of nitrogens with one attached hydrogen (secondary N) is 1. The van der Waals surface area contributed by atoms with Gasteiger partial charge in [-0.3, -0.25) is 14.5 Å². The quantitative estimate of drug-likeness (QED) is 0.0966. The zero-order valence-corrected chi connectivity index (χ0v) is 42.6. The van der Waals surface area contributed by atoms with Gasteiger partial charge in [-0.1, -0.05) is 43.3 Å². The number of rotatable bonds is 15. The third kappa shape index (κ3) is 9.93. The van der Waals surface area contributed by atoms with Gasteiger partial charge in [-0.15, -0.1) is 10.2 Å². The van der Waals surface area contributed by atoms with Crippen LogP contribution in [-0.2, 0) is 9.59 Å². The van der Waals surface area contributed by atoms with E-state index in [1.165, 1.54) is 4.90 Å². The summed E-state index contributed by atoms with van der Waals surface area (Å²) < 4.78 is 14.4. The minimum Gasteiger partial charge on any atom is -0.507 e. The summed E-state index contributed by atoms with van der Waals surface area (Å²) in [6.07, 6.45) is 9.11. The standard InChI is InChI=1S/C55H67N13O6/c1-33(2)52(55(72)67-32-42(69)26-47(67)54(71)59-34(3)37-9-11-38(12-10-37)66-18-17-57-35(66)4)49-28-50(62-74-49)64-21-19-63(20-22-64)29-36-23-43(24-36)73-51-25-39(15-16-58-51)68-40-13-14-41(68)31-65(30-40)46-27-45(60-61-53(46)56)44-7-5-6-8-48(44)70/h5-12,15-18,25,27-28,33-34,36,40-43,47,52,69-70H,13-14,19-24,26,29-32H2,1-4H3,(H2,56,61)(H,59,71)/t34-,36?,40+,41?,42+,43?,47-,52-/m0/s1. The van der Waals surface area contributed by atoms with Crippen molar-refractivity contribution in [2.45, 2.75) is 102 Å². The minimum atomic E-state index is -0.814. The van der Waals surface area contributed by atoms with Crippen LogP contribution in [-0.4, -0.2) is 144 Å². The first kappa shape index (κ1) is 49.0. The van der Waals surface area contributed by atoms with Gasteiger partial charge < -0.3 is 54.7 Å². The summed E-state index contributed by atoms with van der Waals surface area (Å²) in [6, 6.07) is 22.5. The van der Waals surface area contributed by atoms with Gasteiger partial charge in [-0.25, -0.2) is 9.97 Å². The number of hydrogen-bond acceptors (Lipinski definition) is 16. The van der Waals surface area contributed by atoms with Crippen molar-refractivity contribution >= 4 is 34.8 Å². The Bertz CT molecular complexity index is 2940. The highest BCUT2D eigenvalue weighted by atomic mass is 16.5. The van der Waals surface area contributed by atoms with Crippen LogP contribution in [0.4, 0.5) is 23.0 Å². The number of aromatic hydroxyl groups is 1. The second kappa shape index (κ2) is 20.6. The number of amides is 2.